The molecule has 5 aromatic rings. The molecule has 12 heteroatoms. The summed E-state index contributed by atoms with van der Waals surface area (Å²) >= 11 is 1.43. The van der Waals surface area contributed by atoms with Crippen LogP contribution >= 0.6 is 11.3 Å². The zero-order valence-electron chi connectivity index (χ0n) is 30.4. The Labute approximate surface area is 328 Å². The zero-order valence-corrected chi connectivity index (χ0v) is 31.2. The van der Waals surface area contributed by atoms with Gasteiger partial charge in [0.05, 0.1) is 0 Å². The summed E-state index contributed by atoms with van der Waals surface area (Å²) in [6, 6.07) is 32.2. The number of ether oxygens (including phenoxy) is 1. The first-order valence-electron chi connectivity index (χ1n) is 18.2. The highest BCUT2D eigenvalue weighted by Gasteiger charge is 2.32. The summed E-state index contributed by atoms with van der Waals surface area (Å²) in [5.41, 5.74) is 4.18. The maximum atomic E-state index is 14.3. The van der Waals surface area contributed by atoms with Crippen molar-refractivity contribution >= 4 is 47.0 Å². The number of amides is 4. The van der Waals surface area contributed by atoms with Gasteiger partial charge in [-0.2, -0.15) is 0 Å². The van der Waals surface area contributed by atoms with Crippen molar-refractivity contribution < 1.29 is 33.8 Å². The third-order valence-electron chi connectivity index (χ3n) is 9.23. The topological polar surface area (TPSA) is 163 Å². The van der Waals surface area contributed by atoms with E-state index in [1.807, 2.05) is 102 Å². The maximum Gasteiger partial charge on any atom is 0.326 e. The highest BCUT2D eigenvalue weighted by Crippen LogP contribution is 2.21. The van der Waals surface area contributed by atoms with E-state index in [2.05, 4.69) is 21.3 Å². The summed E-state index contributed by atoms with van der Waals surface area (Å²) in [6.45, 7) is -0.392. The largest absolute Gasteiger partial charge is 0.484 e. The molecule has 2 aliphatic heterocycles. The number of nitrogens with one attached hydrogen (secondary N) is 4. The fraction of sp³-hybridized carbons (Fsp3) is 0.205. The molecule has 56 heavy (non-hydrogen) atoms. The van der Waals surface area contributed by atoms with Gasteiger partial charge in [-0.3, -0.25) is 19.2 Å². The van der Waals surface area contributed by atoms with Crippen LogP contribution < -0.4 is 26.0 Å². The number of benzene rings is 4. The van der Waals surface area contributed by atoms with E-state index in [1.54, 1.807) is 36.4 Å². The Morgan fingerprint density at radius 3 is 1.96 bits per heavy atom. The van der Waals surface area contributed by atoms with Crippen LogP contribution in [0.15, 0.2) is 133 Å². The molecule has 5 N–H and O–H groups in total. The molecule has 4 amide bonds. The van der Waals surface area contributed by atoms with Crippen LogP contribution in [-0.4, -0.2) is 65.5 Å². The van der Waals surface area contributed by atoms with Gasteiger partial charge < -0.3 is 31.1 Å². The fourth-order valence-corrected chi connectivity index (χ4v) is 7.00. The molecule has 0 aliphatic carbocycles. The Bertz CT molecular complexity index is 2120. The van der Waals surface area contributed by atoms with Gasteiger partial charge in [0.1, 0.15) is 29.9 Å². The first-order chi connectivity index (χ1) is 27.2. The number of carbonyl (C=O) groups is 5. The van der Waals surface area contributed by atoms with Crippen molar-refractivity contribution in [2.75, 3.05) is 6.61 Å². The number of carbonyl (C=O) groups excluding carboxylic acids is 4. The van der Waals surface area contributed by atoms with Crippen molar-refractivity contribution in [2.45, 2.75) is 49.9 Å². The lowest BCUT2D eigenvalue weighted by Crippen LogP contribution is -2.58. The number of carboxylic acids is 1. The predicted octanol–water partition coefficient (Wildman–Crippen LogP) is 4.96. The first kappa shape index (κ1) is 39.2. The van der Waals surface area contributed by atoms with E-state index in [1.165, 1.54) is 11.3 Å². The summed E-state index contributed by atoms with van der Waals surface area (Å²) in [6.07, 6.45) is 3.72. The van der Waals surface area contributed by atoms with E-state index in [-0.39, 0.29) is 25.7 Å². The molecule has 0 spiro atoms. The minimum absolute atomic E-state index is 0.0222. The molecule has 7 rings (SSSR count). The van der Waals surface area contributed by atoms with Gasteiger partial charge in [-0.05, 0) is 57.8 Å². The van der Waals surface area contributed by atoms with Crippen LogP contribution in [0, 0.1) is 0 Å². The van der Waals surface area contributed by atoms with Gasteiger partial charge in [0, 0.05) is 24.1 Å². The molecule has 0 fully saturated rings. The van der Waals surface area contributed by atoms with Crippen LogP contribution in [0.1, 0.15) is 28.0 Å². The lowest BCUT2D eigenvalue weighted by Gasteiger charge is -2.26. The van der Waals surface area contributed by atoms with Crippen molar-refractivity contribution in [3.63, 3.8) is 0 Å². The number of hydrogen-bond donors (Lipinski definition) is 5. The number of rotatable bonds is 9. The molecule has 4 aromatic carbocycles. The second-order valence-corrected chi connectivity index (χ2v) is 14.4. The summed E-state index contributed by atoms with van der Waals surface area (Å²) in [7, 11) is 0. The molecule has 0 saturated heterocycles. The second-order valence-electron chi connectivity index (χ2n) is 13.4. The zero-order chi connectivity index (χ0) is 39.3. The molecule has 2 aliphatic rings. The summed E-state index contributed by atoms with van der Waals surface area (Å²) < 4.78 is 5.69. The van der Waals surface area contributed by atoms with Crippen molar-refractivity contribution in [3.05, 3.63) is 154 Å². The third-order valence-corrected chi connectivity index (χ3v) is 10.1. The predicted molar refractivity (Wildman–Crippen MR) is 215 cm³/mol. The molecule has 11 nitrogen and oxygen atoms in total. The lowest BCUT2D eigenvalue weighted by molar-refractivity contribution is -0.142. The number of carboxylic acid groups (broad SMARTS) is 1. The highest BCUT2D eigenvalue weighted by atomic mass is 32.1. The number of fused-ring (bicyclic) bond motifs is 16. The molecular formula is C44H42N4O7S. The Balaban J connectivity index is 1.33. The van der Waals surface area contributed by atoms with E-state index >= 15 is 0 Å². The minimum atomic E-state index is -1.32. The van der Waals surface area contributed by atoms with Gasteiger partial charge in [0.2, 0.25) is 17.7 Å². The van der Waals surface area contributed by atoms with E-state index in [9.17, 15) is 29.1 Å². The smallest absolute Gasteiger partial charge is 0.326 e. The number of aliphatic carboxylic acids is 1. The molecule has 0 radical (unpaired) electrons. The van der Waals surface area contributed by atoms with Gasteiger partial charge in [-0.1, -0.05) is 115 Å². The van der Waals surface area contributed by atoms with Crippen molar-refractivity contribution in [1.29, 1.82) is 0 Å². The first-order valence-corrected chi connectivity index (χ1v) is 19.1. The second kappa shape index (κ2) is 19.2. The Kier molecular flexibility index (Phi) is 13.4. The Morgan fingerprint density at radius 2 is 1.30 bits per heavy atom. The summed E-state index contributed by atoms with van der Waals surface area (Å²) in [5, 5.41) is 23.0. The van der Waals surface area contributed by atoms with Gasteiger partial charge in [-0.15, -0.1) is 11.3 Å². The standard InChI is InChI=1S/C44H42N4O7S/c49-40-28-55-34-22-18-31(19-23-34)26-39(44(53)54)48-41(50)36(15-7-11-29-9-3-1-4-10-29)46-42(51)37(47-43(52)38(45-40)27-35-14-8-24-56-35)25-30-16-20-33(21-17-30)32-12-5-2-6-13-32/h1-14,16-24,36-39H,15,25-28H2,(H,45,49)(H,46,51)(H,47,52)(H,48,50)(H,53,54)/b11-7+/t36-,37+,38-,39+/m1/s1. The van der Waals surface area contributed by atoms with Crippen LogP contribution in [0.3, 0.4) is 0 Å². The molecule has 4 atom stereocenters. The lowest BCUT2D eigenvalue weighted by atomic mass is 9.99. The number of thiophene rings is 1. The maximum absolute atomic E-state index is 14.3. The molecule has 0 unspecified atom stereocenters. The van der Waals surface area contributed by atoms with Gasteiger partial charge >= 0.3 is 5.97 Å². The molecule has 286 valence electrons. The van der Waals surface area contributed by atoms with Crippen LogP contribution in [-0.2, 0) is 43.2 Å². The van der Waals surface area contributed by atoms with Crippen LogP contribution in [0.2, 0.25) is 0 Å². The van der Waals surface area contributed by atoms with Crippen molar-refractivity contribution in [2.24, 2.45) is 0 Å². The normalized spacial score (nSPS) is 19.7. The monoisotopic (exact) mass is 770 g/mol. The molecular weight excluding hydrogens is 729 g/mol. The minimum Gasteiger partial charge on any atom is -0.484 e. The van der Waals surface area contributed by atoms with Gasteiger partial charge in [0.25, 0.3) is 5.91 Å². The van der Waals surface area contributed by atoms with E-state index < -0.39 is 60.4 Å². The summed E-state index contributed by atoms with van der Waals surface area (Å²) in [5.74, 6) is -3.43. The van der Waals surface area contributed by atoms with E-state index in [0.29, 0.717) is 11.3 Å². The van der Waals surface area contributed by atoms with Crippen molar-refractivity contribution in [1.82, 2.24) is 21.3 Å². The quantitative estimate of drug-likeness (QED) is 0.132. The molecule has 0 saturated carbocycles. The number of hydrogen-bond acceptors (Lipinski definition) is 7. The van der Waals surface area contributed by atoms with E-state index in [0.717, 1.165) is 27.1 Å². The Morgan fingerprint density at radius 1 is 0.679 bits per heavy atom. The van der Waals surface area contributed by atoms with Crippen molar-refractivity contribution in [3.8, 4) is 16.9 Å². The third kappa shape index (κ3) is 11.2. The SMILES string of the molecule is O=C1COc2ccc(cc2)C[C@@H](C(=O)O)NC(=O)[C@@H](C/C=C/c2ccccc2)NC(=O)[C@H](Cc2ccc(-c3ccccc3)cc2)NC(=O)[C@@H](Cc2cccs2)N1. The highest BCUT2D eigenvalue weighted by molar-refractivity contribution is 7.09. The summed E-state index contributed by atoms with van der Waals surface area (Å²) in [4.78, 5) is 68.7. The fourth-order valence-electron chi connectivity index (χ4n) is 6.24. The Hall–Kier alpha value is -6.53. The molecule has 2 bridgehead atoms. The van der Waals surface area contributed by atoms with E-state index in [4.69, 9.17) is 4.74 Å². The van der Waals surface area contributed by atoms with Crippen LogP contribution in [0.4, 0.5) is 0 Å². The average molecular weight is 771 g/mol. The van der Waals surface area contributed by atoms with Gasteiger partial charge in [-0.25, -0.2) is 4.79 Å². The van der Waals surface area contributed by atoms with Crippen LogP contribution in [0.25, 0.3) is 17.2 Å². The van der Waals surface area contributed by atoms with Crippen LogP contribution in [0.5, 0.6) is 5.75 Å². The molecule has 1 aromatic heterocycles. The average Bonchev–Trinajstić information content (AvgIpc) is 3.73. The van der Waals surface area contributed by atoms with Gasteiger partial charge in [0.15, 0.2) is 6.61 Å². The molecule has 3 heterocycles.